The minimum atomic E-state index is -1.03. The van der Waals surface area contributed by atoms with E-state index in [0.717, 1.165) is 52.0 Å². The molecule has 5 aromatic rings. The molecule has 0 saturated heterocycles. The van der Waals surface area contributed by atoms with Gasteiger partial charge in [0, 0.05) is 22.7 Å². The molecule has 1 fully saturated rings. The fourth-order valence-corrected chi connectivity index (χ4v) is 5.96. The van der Waals surface area contributed by atoms with Crippen LogP contribution in [0.4, 0.5) is 0 Å². The normalized spacial score (nSPS) is 15.5. The Bertz CT molecular complexity index is 1760. The van der Waals surface area contributed by atoms with Crippen LogP contribution in [0.1, 0.15) is 68.8 Å². The summed E-state index contributed by atoms with van der Waals surface area (Å²) in [6, 6.07) is 20.9. The average molecular weight is 562 g/mol. The molecule has 42 heavy (non-hydrogen) atoms. The monoisotopic (exact) mass is 561 g/mol. The third-order valence-electron chi connectivity index (χ3n) is 8.53. The van der Waals surface area contributed by atoms with Crippen molar-refractivity contribution in [1.82, 2.24) is 24.8 Å². The molecule has 2 heterocycles. The average Bonchev–Trinajstić information content (AvgIpc) is 3.42. The molecule has 6 rings (SSSR count). The highest BCUT2D eigenvalue weighted by molar-refractivity contribution is 5.99. The number of carboxylic acids is 1. The molecule has 8 heteroatoms. The molecule has 0 spiro atoms. The van der Waals surface area contributed by atoms with E-state index in [1.165, 1.54) is 19.3 Å². The summed E-state index contributed by atoms with van der Waals surface area (Å²) in [6.07, 6.45) is 8.17. The Hall–Kier alpha value is -4.59. The lowest BCUT2D eigenvalue weighted by Crippen LogP contribution is -2.45. The molecule has 214 valence electrons. The topological polar surface area (TPSA) is 110 Å². The number of aromatic nitrogens is 4. The zero-order chi connectivity index (χ0) is 29.2. The van der Waals surface area contributed by atoms with Crippen LogP contribution in [0.15, 0.2) is 72.9 Å². The standard InChI is InChI=1S/C34H35N5O3/c1-3-21(2)31(34(41)42)38-33(40)24-15-17-30-28(19-24)37-32(39(30)25-12-8-5-9-13-25)23-14-16-26-27(18-23)35-20-29(36-26)22-10-6-4-7-11-22/h4,6-7,10-11,14-21,25,31H,3,5,8-9,12-13H2,1-2H3,(H,38,40)(H,41,42). The molecule has 3 aromatic carbocycles. The van der Waals surface area contributed by atoms with Gasteiger partial charge in [0.2, 0.25) is 0 Å². The molecule has 8 nitrogen and oxygen atoms in total. The second kappa shape index (κ2) is 11.7. The Kier molecular flexibility index (Phi) is 7.69. The number of aliphatic carboxylic acids is 1. The number of nitrogens with zero attached hydrogens (tertiary/aromatic N) is 4. The molecule has 0 radical (unpaired) electrons. The van der Waals surface area contributed by atoms with E-state index >= 15 is 0 Å². The summed E-state index contributed by atoms with van der Waals surface area (Å²) in [6.45, 7) is 3.75. The van der Waals surface area contributed by atoms with E-state index in [-0.39, 0.29) is 5.92 Å². The molecule has 2 aromatic heterocycles. The molecule has 2 N–H and O–H groups in total. The number of nitrogens with one attached hydrogen (secondary N) is 1. The number of amides is 1. The van der Waals surface area contributed by atoms with Crippen molar-refractivity contribution in [2.24, 2.45) is 5.92 Å². The number of carbonyl (C=O) groups is 2. The van der Waals surface area contributed by atoms with Crippen molar-refractivity contribution in [3.05, 3.63) is 78.5 Å². The highest BCUT2D eigenvalue weighted by Crippen LogP contribution is 2.37. The lowest BCUT2D eigenvalue weighted by molar-refractivity contribution is -0.140. The molecule has 1 amide bonds. The fourth-order valence-electron chi connectivity index (χ4n) is 5.96. The summed E-state index contributed by atoms with van der Waals surface area (Å²) in [7, 11) is 0. The van der Waals surface area contributed by atoms with Gasteiger partial charge < -0.3 is 15.0 Å². The van der Waals surface area contributed by atoms with Crippen LogP contribution in [0.2, 0.25) is 0 Å². The van der Waals surface area contributed by atoms with Crippen molar-refractivity contribution in [2.45, 2.75) is 64.5 Å². The Morgan fingerprint density at radius 1 is 0.929 bits per heavy atom. The zero-order valence-electron chi connectivity index (χ0n) is 24.0. The first kappa shape index (κ1) is 27.6. The molecule has 1 aliphatic carbocycles. The number of carboxylic acid groups (broad SMARTS) is 1. The number of hydrogen-bond acceptors (Lipinski definition) is 5. The van der Waals surface area contributed by atoms with E-state index < -0.39 is 17.9 Å². The molecule has 1 saturated carbocycles. The minimum Gasteiger partial charge on any atom is -0.480 e. The minimum absolute atomic E-state index is 0.188. The predicted octanol–water partition coefficient (Wildman–Crippen LogP) is 7.05. The van der Waals surface area contributed by atoms with Crippen LogP contribution in [-0.2, 0) is 4.79 Å². The van der Waals surface area contributed by atoms with Crippen LogP contribution in [0.25, 0.3) is 44.7 Å². The molecule has 2 atom stereocenters. The second-order valence-electron chi connectivity index (χ2n) is 11.3. The predicted molar refractivity (Wildman–Crippen MR) is 164 cm³/mol. The van der Waals surface area contributed by atoms with Gasteiger partial charge in [0.15, 0.2) is 0 Å². The van der Waals surface area contributed by atoms with Gasteiger partial charge in [-0.15, -0.1) is 0 Å². The maximum absolute atomic E-state index is 13.1. The second-order valence-corrected chi connectivity index (χ2v) is 11.3. The van der Waals surface area contributed by atoms with Gasteiger partial charge in [-0.05, 0) is 55.2 Å². The van der Waals surface area contributed by atoms with Crippen LogP contribution in [0.5, 0.6) is 0 Å². The number of carbonyl (C=O) groups excluding carboxylic acids is 1. The maximum atomic E-state index is 13.1. The van der Waals surface area contributed by atoms with Gasteiger partial charge in [0.25, 0.3) is 5.91 Å². The first-order valence-electron chi connectivity index (χ1n) is 14.8. The van der Waals surface area contributed by atoms with Crippen LogP contribution in [0, 0.1) is 5.92 Å². The number of benzene rings is 3. The summed E-state index contributed by atoms with van der Waals surface area (Å²) in [5.41, 5.74) is 6.48. The van der Waals surface area contributed by atoms with Gasteiger partial charge in [0.1, 0.15) is 11.9 Å². The Balaban J connectivity index is 1.40. The quantitative estimate of drug-likeness (QED) is 0.210. The SMILES string of the molecule is CCC(C)C(NC(=O)c1ccc2c(c1)nc(-c1ccc3nc(-c4ccccc4)cnc3c1)n2C1CCCCC1)C(=O)O. The fraction of sp³-hybridized carbons (Fsp3) is 0.324. The van der Waals surface area contributed by atoms with Crippen LogP contribution < -0.4 is 5.32 Å². The summed E-state index contributed by atoms with van der Waals surface area (Å²) in [5.74, 6) is -0.785. The highest BCUT2D eigenvalue weighted by Gasteiger charge is 2.27. The third-order valence-corrected chi connectivity index (χ3v) is 8.53. The number of imidazole rings is 1. The summed E-state index contributed by atoms with van der Waals surface area (Å²) < 4.78 is 2.32. The molecule has 0 bridgehead atoms. The van der Waals surface area contributed by atoms with Crippen molar-refractivity contribution in [3.8, 4) is 22.6 Å². The lowest BCUT2D eigenvalue weighted by atomic mass is 9.94. The number of rotatable bonds is 8. The largest absolute Gasteiger partial charge is 0.480 e. The van der Waals surface area contributed by atoms with Crippen molar-refractivity contribution in [1.29, 1.82) is 0 Å². The Labute approximate surface area is 244 Å². The molecule has 1 aliphatic rings. The van der Waals surface area contributed by atoms with Crippen molar-refractivity contribution in [2.75, 3.05) is 0 Å². The summed E-state index contributed by atoms with van der Waals surface area (Å²) in [5, 5.41) is 12.4. The summed E-state index contributed by atoms with van der Waals surface area (Å²) >= 11 is 0. The van der Waals surface area contributed by atoms with Gasteiger partial charge >= 0.3 is 5.97 Å². The van der Waals surface area contributed by atoms with Gasteiger partial charge in [-0.3, -0.25) is 9.78 Å². The molecular formula is C34H35N5O3. The first-order valence-corrected chi connectivity index (χ1v) is 14.8. The Morgan fingerprint density at radius 2 is 1.71 bits per heavy atom. The summed E-state index contributed by atoms with van der Waals surface area (Å²) in [4.78, 5) is 39.6. The maximum Gasteiger partial charge on any atom is 0.326 e. The van der Waals surface area contributed by atoms with Crippen molar-refractivity contribution >= 4 is 33.9 Å². The van der Waals surface area contributed by atoms with Crippen LogP contribution in [-0.4, -0.2) is 42.5 Å². The van der Waals surface area contributed by atoms with Crippen LogP contribution in [0.3, 0.4) is 0 Å². The van der Waals surface area contributed by atoms with E-state index in [1.807, 2.05) is 68.4 Å². The van der Waals surface area contributed by atoms with Gasteiger partial charge in [-0.1, -0.05) is 69.9 Å². The number of fused-ring (bicyclic) bond motifs is 2. The molecule has 0 aliphatic heterocycles. The van der Waals surface area contributed by atoms with E-state index in [9.17, 15) is 14.7 Å². The van der Waals surface area contributed by atoms with Crippen molar-refractivity contribution < 1.29 is 14.7 Å². The van der Waals surface area contributed by atoms with Crippen molar-refractivity contribution in [3.63, 3.8) is 0 Å². The smallest absolute Gasteiger partial charge is 0.326 e. The first-order chi connectivity index (χ1) is 20.4. The van der Waals surface area contributed by atoms with Gasteiger partial charge in [-0.2, -0.15) is 0 Å². The van der Waals surface area contributed by atoms with E-state index in [2.05, 4.69) is 9.88 Å². The van der Waals surface area contributed by atoms with E-state index in [4.69, 9.17) is 15.0 Å². The lowest BCUT2D eigenvalue weighted by Gasteiger charge is -2.25. The van der Waals surface area contributed by atoms with Crippen LogP contribution >= 0.6 is 0 Å². The molecular weight excluding hydrogens is 526 g/mol. The highest BCUT2D eigenvalue weighted by atomic mass is 16.4. The zero-order valence-corrected chi connectivity index (χ0v) is 24.0. The van der Waals surface area contributed by atoms with E-state index in [1.54, 1.807) is 18.3 Å². The van der Waals surface area contributed by atoms with E-state index in [0.29, 0.717) is 23.5 Å². The van der Waals surface area contributed by atoms with Gasteiger partial charge in [-0.25, -0.2) is 14.8 Å². The van der Waals surface area contributed by atoms with Gasteiger partial charge in [0.05, 0.1) is 34.0 Å². The number of hydrogen-bond donors (Lipinski definition) is 2. The third kappa shape index (κ3) is 5.36. The Morgan fingerprint density at radius 3 is 2.45 bits per heavy atom. The molecule has 2 unspecified atom stereocenters.